The first-order chi connectivity index (χ1) is 10.2. The Hall–Kier alpha value is -1.84. The molecule has 0 heterocycles. The van der Waals surface area contributed by atoms with Crippen LogP contribution in [0.25, 0.3) is 0 Å². The van der Waals surface area contributed by atoms with Gasteiger partial charge in [0.1, 0.15) is 18.0 Å². The van der Waals surface area contributed by atoms with Gasteiger partial charge in [0.05, 0.1) is 19.6 Å². The van der Waals surface area contributed by atoms with Crippen molar-refractivity contribution < 1.29 is 14.7 Å². The first-order valence-electron chi connectivity index (χ1n) is 7.88. The van der Waals surface area contributed by atoms with Crippen molar-refractivity contribution in [2.75, 3.05) is 19.6 Å². The van der Waals surface area contributed by atoms with E-state index < -0.39 is 0 Å². The van der Waals surface area contributed by atoms with Crippen LogP contribution in [0.1, 0.15) is 26.3 Å². The minimum absolute atomic E-state index is 0. The van der Waals surface area contributed by atoms with Gasteiger partial charge in [-0.1, -0.05) is 18.2 Å². The van der Waals surface area contributed by atoms with Gasteiger partial charge in [0.25, 0.3) is 0 Å². The monoisotopic (exact) mass is 301 g/mol. The van der Waals surface area contributed by atoms with Gasteiger partial charge in [-0.15, -0.1) is 0 Å². The van der Waals surface area contributed by atoms with Crippen molar-refractivity contribution in [3.05, 3.63) is 60.2 Å². The van der Waals surface area contributed by atoms with Crippen LogP contribution in [0.4, 0.5) is 0 Å². The van der Waals surface area contributed by atoms with E-state index in [0.29, 0.717) is 0 Å². The minimum atomic E-state index is 0. The van der Waals surface area contributed by atoms with E-state index in [2.05, 4.69) is 45.0 Å². The normalized spacial score (nSPS) is 10.9. The molecule has 3 nitrogen and oxygen atoms in total. The Morgan fingerprint density at radius 2 is 1.23 bits per heavy atom. The van der Waals surface area contributed by atoms with Crippen LogP contribution in [0.5, 0.6) is 11.5 Å². The Bertz CT molecular complexity index is 525. The number of rotatable bonds is 7. The molecule has 2 rings (SSSR count). The molecule has 0 saturated heterocycles. The van der Waals surface area contributed by atoms with Crippen LogP contribution in [0.2, 0.25) is 0 Å². The Kier molecular flexibility index (Phi) is 7.09. The van der Waals surface area contributed by atoms with Crippen molar-refractivity contribution in [1.82, 2.24) is 0 Å². The number of benzene rings is 2. The molecule has 0 aliphatic rings. The summed E-state index contributed by atoms with van der Waals surface area (Å²) in [5.41, 5.74) is 1.38. The van der Waals surface area contributed by atoms with Crippen LogP contribution in [0, 0.1) is 0 Å². The lowest BCUT2D eigenvalue weighted by molar-refractivity contribution is -0.936. The van der Waals surface area contributed by atoms with Gasteiger partial charge in [-0.3, -0.25) is 0 Å². The van der Waals surface area contributed by atoms with Crippen molar-refractivity contribution >= 4 is 0 Å². The fourth-order valence-corrected chi connectivity index (χ4v) is 2.68. The van der Waals surface area contributed by atoms with Crippen molar-refractivity contribution in [2.45, 2.75) is 27.3 Å². The second-order valence-electron chi connectivity index (χ2n) is 5.51. The van der Waals surface area contributed by atoms with Gasteiger partial charge in [0, 0.05) is 5.56 Å². The molecule has 2 aromatic carbocycles. The Morgan fingerprint density at radius 1 is 0.727 bits per heavy atom. The van der Waals surface area contributed by atoms with Gasteiger partial charge < -0.3 is 14.7 Å². The van der Waals surface area contributed by atoms with Crippen LogP contribution in [-0.4, -0.2) is 29.6 Å². The topological polar surface area (TPSA) is 39.2 Å². The lowest BCUT2D eigenvalue weighted by atomic mass is 10.1. The van der Waals surface area contributed by atoms with Crippen LogP contribution < -0.4 is 4.74 Å². The maximum Gasteiger partial charge on any atom is 0.127 e. The second-order valence-corrected chi connectivity index (χ2v) is 5.51. The van der Waals surface area contributed by atoms with E-state index in [0.717, 1.165) is 22.5 Å². The lowest BCUT2D eigenvalue weighted by Crippen LogP contribution is -2.46. The second kappa shape index (κ2) is 8.57. The molecule has 0 saturated carbocycles. The molecule has 0 radical (unpaired) electrons. The van der Waals surface area contributed by atoms with Gasteiger partial charge in [0.2, 0.25) is 0 Å². The molecule has 0 aliphatic heterocycles. The van der Waals surface area contributed by atoms with Gasteiger partial charge in [-0.05, 0) is 57.2 Å². The van der Waals surface area contributed by atoms with Crippen molar-refractivity contribution in [1.29, 1.82) is 0 Å². The Balaban J connectivity index is 0.00000242. The molecule has 22 heavy (non-hydrogen) atoms. The zero-order valence-corrected chi connectivity index (χ0v) is 13.8. The highest BCUT2D eigenvalue weighted by atomic mass is 16.5. The third-order valence-electron chi connectivity index (χ3n) is 4.43. The molecular formula is C19H27NO2. The fourth-order valence-electron chi connectivity index (χ4n) is 2.68. The van der Waals surface area contributed by atoms with Gasteiger partial charge in [0.15, 0.2) is 0 Å². The molecular weight excluding hydrogens is 274 g/mol. The summed E-state index contributed by atoms with van der Waals surface area (Å²) in [4.78, 5) is 0. The maximum absolute atomic E-state index is 5.84. The molecule has 1 N–H and O–H groups in total. The standard InChI is InChI=1S/C19H26NO.H2O/c1-4-20(5-2,6-3)16-17-12-14-19(15-13-17)21-18-10-8-7-9-11-18;/h7-15H,4-6,16H2,1-3H3;1H2/q+1;/p-1. The van der Waals surface area contributed by atoms with Crippen molar-refractivity contribution in [3.63, 3.8) is 0 Å². The molecule has 0 aliphatic carbocycles. The average molecular weight is 301 g/mol. The van der Waals surface area contributed by atoms with Gasteiger partial charge in [-0.25, -0.2) is 0 Å². The summed E-state index contributed by atoms with van der Waals surface area (Å²) >= 11 is 0. The summed E-state index contributed by atoms with van der Waals surface area (Å²) in [5.74, 6) is 1.78. The summed E-state index contributed by atoms with van der Waals surface area (Å²) in [6, 6.07) is 18.4. The number of hydrogen-bond donors (Lipinski definition) is 0. The van der Waals surface area contributed by atoms with Gasteiger partial charge in [-0.2, -0.15) is 0 Å². The summed E-state index contributed by atoms with van der Waals surface area (Å²) < 4.78 is 6.98. The fraction of sp³-hybridized carbons (Fsp3) is 0.368. The van der Waals surface area contributed by atoms with E-state index in [9.17, 15) is 0 Å². The smallest absolute Gasteiger partial charge is 0.127 e. The first kappa shape index (κ1) is 18.2. The van der Waals surface area contributed by atoms with Crippen molar-refractivity contribution in [3.8, 4) is 11.5 Å². The van der Waals surface area contributed by atoms with E-state index in [1.807, 2.05) is 30.3 Å². The molecule has 120 valence electrons. The van der Waals surface area contributed by atoms with E-state index in [1.54, 1.807) is 0 Å². The van der Waals surface area contributed by atoms with E-state index in [1.165, 1.54) is 25.2 Å². The zero-order valence-electron chi connectivity index (χ0n) is 13.8. The summed E-state index contributed by atoms with van der Waals surface area (Å²) in [6.07, 6.45) is 0. The molecule has 0 spiro atoms. The summed E-state index contributed by atoms with van der Waals surface area (Å²) in [5, 5.41) is 0. The number of nitrogens with zero attached hydrogens (tertiary/aromatic N) is 1. The van der Waals surface area contributed by atoms with Crippen LogP contribution >= 0.6 is 0 Å². The third-order valence-corrected chi connectivity index (χ3v) is 4.43. The number of para-hydroxylation sites is 1. The largest absolute Gasteiger partial charge is 0.870 e. The lowest BCUT2D eigenvalue weighted by Gasteiger charge is -2.35. The summed E-state index contributed by atoms with van der Waals surface area (Å²) in [6.45, 7) is 11.5. The molecule has 0 bridgehead atoms. The third kappa shape index (κ3) is 4.58. The van der Waals surface area contributed by atoms with Crippen LogP contribution in [0.3, 0.4) is 0 Å². The van der Waals surface area contributed by atoms with Crippen LogP contribution in [0.15, 0.2) is 54.6 Å². The molecule has 0 aromatic heterocycles. The number of ether oxygens (including phenoxy) is 1. The Morgan fingerprint density at radius 3 is 1.73 bits per heavy atom. The molecule has 0 fully saturated rings. The molecule has 2 aromatic rings. The number of hydrogen-bond acceptors (Lipinski definition) is 2. The quantitative estimate of drug-likeness (QED) is 0.697. The van der Waals surface area contributed by atoms with E-state index in [4.69, 9.17) is 4.74 Å². The zero-order chi connectivity index (χ0) is 15.1. The van der Waals surface area contributed by atoms with E-state index in [-0.39, 0.29) is 5.48 Å². The predicted octanol–water partition coefficient (Wildman–Crippen LogP) is 4.68. The minimum Gasteiger partial charge on any atom is -0.870 e. The number of quaternary nitrogens is 1. The summed E-state index contributed by atoms with van der Waals surface area (Å²) in [7, 11) is 0. The van der Waals surface area contributed by atoms with Crippen molar-refractivity contribution in [2.24, 2.45) is 0 Å². The Labute approximate surface area is 134 Å². The SMILES string of the molecule is CC[N+](CC)(CC)Cc1ccc(Oc2ccccc2)cc1.[OH-]. The predicted molar refractivity (Wildman–Crippen MR) is 90.5 cm³/mol. The maximum atomic E-state index is 5.84. The average Bonchev–Trinajstić information content (AvgIpc) is 2.55. The molecule has 0 amide bonds. The molecule has 3 heteroatoms. The highest BCUT2D eigenvalue weighted by molar-refractivity contribution is 5.32. The highest BCUT2D eigenvalue weighted by Gasteiger charge is 2.20. The van der Waals surface area contributed by atoms with E-state index >= 15 is 0 Å². The molecule has 0 atom stereocenters. The molecule has 0 unspecified atom stereocenters. The first-order valence-corrected chi connectivity index (χ1v) is 7.88. The van der Waals surface area contributed by atoms with Gasteiger partial charge >= 0.3 is 0 Å². The van der Waals surface area contributed by atoms with Crippen LogP contribution in [-0.2, 0) is 6.54 Å². The highest BCUT2D eigenvalue weighted by Crippen LogP contribution is 2.22.